The summed E-state index contributed by atoms with van der Waals surface area (Å²) in [6.07, 6.45) is 0.699. The summed E-state index contributed by atoms with van der Waals surface area (Å²) in [5, 5.41) is 22.2. The molecule has 1 saturated carbocycles. The Kier molecular flexibility index (Phi) is 3.90. The summed E-state index contributed by atoms with van der Waals surface area (Å²) in [5.74, 6) is -0.800. The van der Waals surface area contributed by atoms with E-state index in [-0.39, 0.29) is 12.6 Å². The fourth-order valence-corrected chi connectivity index (χ4v) is 1.25. The average molecular weight is 216 g/mol. The minimum Gasteiger partial charge on any atom is -0.479 e. The van der Waals surface area contributed by atoms with E-state index in [9.17, 15) is 9.59 Å². The van der Waals surface area contributed by atoms with Gasteiger partial charge in [0.2, 0.25) is 0 Å². The molecule has 6 heteroatoms. The fraction of sp³-hybridized carbons (Fsp3) is 0.778. The van der Waals surface area contributed by atoms with Crippen LogP contribution < -0.4 is 10.6 Å². The molecule has 2 atom stereocenters. The Labute approximate surface area is 87.7 Å². The number of aliphatic carboxylic acids is 1. The maximum atomic E-state index is 11.2. The Hall–Kier alpha value is -1.30. The topological polar surface area (TPSA) is 98.7 Å². The van der Waals surface area contributed by atoms with Crippen molar-refractivity contribution in [3.05, 3.63) is 0 Å². The van der Waals surface area contributed by atoms with Crippen LogP contribution in [0.4, 0.5) is 4.79 Å². The first kappa shape index (κ1) is 11.8. The van der Waals surface area contributed by atoms with E-state index in [1.165, 1.54) is 0 Å². The quantitative estimate of drug-likeness (QED) is 0.499. The molecule has 0 aromatic rings. The van der Waals surface area contributed by atoms with Gasteiger partial charge in [0.1, 0.15) is 0 Å². The summed E-state index contributed by atoms with van der Waals surface area (Å²) < 4.78 is 0. The van der Waals surface area contributed by atoms with Gasteiger partial charge in [-0.1, -0.05) is 0 Å². The number of carbonyl (C=O) groups excluding carboxylic acids is 1. The van der Waals surface area contributed by atoms with Crippen molar-refractivity contribution in [1.82, 2.24) is 10.6 Å². The standard InChI is InChI=1S/C9H16N2O4/c1-5(6-2-3-6)11-9(15)10-4-7(12)8(13)14/h5-7,12H,2-4H2,1H3,(H,13,14)(H2,10,11,15). The molecule has 0 radical (unpaired) electrons. The molecule has 0 aromatic heterocycles. The molecule has 2 amide bonds. The molecule has 0 heterocycles. The zero-order chi connectivity index (χ0) is 11.4. The summed E-state index contributed by atoms with van der Waals surface area (Å²) in [6.45, 7) is 1.63. The van der Waals surface area contributed by atoms with Gasteiger partial charge in [-0.25, -0.2) is 9.59 Å². The number of amides is 2. The Bertz CT molecular complexity index is 252. The summed E-state index contributed by atoms with van der Waals surface area (Å²) >= 11 is 0. The predicted octanol–water partition coefficient (Wildman–Crippen LogP) is -0.470. The third-order valence-electron chi connectivity index (χ3n) is 2.43. The van der Waals surface area contributed by atoms with E-state index in [4.69, 9.17) is 10.2 Å². The van der Waals surface area contributed by atoms with Crippen LogP contribution in [-0.2, 0) is 4.79 Å². The van der Waals surface area contributed by atoms with Crippen molar-refractivity contribution in [2.24, 2.45) is 5.92 Å². The van der Waals surface area contributed by atoms with E-state index in [1.54, 1.807) is 0 Å². The third kappa shape index (κ3) is 4.16. The summed E-state index contributed by atoms with van der Waals surface area (Å²) in [6, 6.07) is -0.332. The van der Waals surface area contributed by atoms with Crippen molar-refractivity contribution >= 4 is 12.0 Å². The zero-order valence-electron chi connectivity index (χ0n) is 8.56. The molecule has 15 heavy (non-hydrogen) atoms. The molecule has 2 unspecified atom stereocenters. The zero-order valence-corrected chi connectivity index (χ0v) is 8.56. The number of rotatable bonds is 5. The summed E-state index contributed by atoms with van der Waals surface area (Å²) in [5.41, 5.74) is 0. The third-order valence-corrected chi connectivity index (χ3v) is 2.43. The lowest BCUT2D eigenvalue weighted by molar-refractivity contribution is -0.146. The van der Waals surface area contributed by atoms with Gasteiger partial charge < -0.3 is 20.8 Å². The molecule has 1 aliphatic rings. The van der Waals surface area contributed by atoms with Crippen molar-refractivity contribution in [3.8, 4) is 0 Å². The second-order valence-corrected chi connectivity index (χ2v) is 3.83. The molecule has 86 valence electrons. The van der Waals surface area contributed by atoms with Crippen LogP contribution in [-0.4, -0.2) is 40.9 Å². The van der Waals surface area contributed by atoms with E-state index in [0.717, 1.165) is 12.8 Å². The van der Waals surface area contributed by atoms with Crippen molar-refractivity contribution in [2.75, 3.05) is 6.54 Å². The van der Waals surface area contributed by atoms with Crippen LogP contribution >= 0.6 is 0 Å². The van der Waals surface area contributed by atoms with Gasteiger partial charge in [-0.05, 0) is 25.7 Å². The number of hydrogen-bond acceptors (Lipinski definition) is 3. The van der Waals surface area contributed by atoms with Gasteiger partial charge >= 0.3 is 12.0 Å². The second-order valence-electron chi connectivity index (χ2n) is 3.83. The highest BCUT2D eigenvalue weighted by Crippen LogP contribution is 2.32. The van der Waals surface area contributed by atoms with Crippen molar-refractivity contribution in [2.45, 2.75) is 31.9 Å². The molecular weight excluding hydrogens is 200 g/mol. The monoisotopic (exact) mass is 216 g/mol. The molecule has 1 fully saturated rings. The summed E-state index contributed by atoms with van der Waals surface area (Å²) in [4.78, 5) is 21.4. The van der Waals surface area contributed by atoms with Crippen molar-refractivity contribution in [3.63, 3.8) is 0 Å². The van der Waals surface area contributed by atoms with E-state index in [1.807, 2.05) is 6.92 Å². The maximum absolute atomic E-state index is 11.2. The van der Waals surface area contributed by atoms with Crippen LogP contribution in [0.3, 0.4) is 0 Å². The van der Waals surface area contributed by atoms with Crippen LogP contribution in [0.2, 0.25) is 0 Å². The Balaban J connectivity index is 2.15. The molecule has 0 bridgehead atoms. The number of aliphatic hydroxyl groups is 1. The molecule has 4 N–H and O–H groups in total. The number of carboxylic acid groups (broad SMARTS) is 1. The van der Waals surface area contributed by atoms with Gasteiger partial charge in [0.05, 0.1) is 6.54 Å². The largest absolute Gasteiger partial charge is 0.479 e. The first-order valence-corrected chi connectivity index (χ1v) is 4.96. The highest BCUT2D eigenvalue weighted by molar-refractivity contribution is 5.76. The number of carboxylic acids is 1. The van der Waals surface area contributed by atoms with Crippen molar-refractivity contribution in [1.29, 1.82) is 0 Å². The van der Waals surface area contributed by atoms with Crippen LogP contribution in [0, 0.1) is 5.92 Å². The van der Waals surface area contributed by atoms with Gasteiger partial charge in [0.25, 0.3) is 0 Å². The molecule has 0 aliphatic heterocycles. The molecule has 0 aromatic carbocycles. The first-order valence-electron chi connectivity index (χ1n) is 4.96. The van der Waals surface area contributed by atoms with Crippen LogP contribution in [0.15, 0.2) is 0 Å². The van der Waals surface area contributed by atoms with Gasteiger partial charge in [-0.3, -0.25) is 0 Å². The van der Waals surface area contributed by atoms with Crippen LogP contribution in [0.1, 0.15) is 19.8 Å². The number of nitrogens with one attached hydrogen (secondary N) is 2. The molecular formula is C9H16N2O4. The highest BCUT2D eigenvalue weighted by atomic mass is 16.4. The maximum Gasteiger partial charge on any atom is 0.334 e. The van der Waals surface area contributed by atoms with E-state index in [2.05, 4.69) is 10.6 Å². The van der Waals surface area contributed by atoms with Crippen LogP contribution in [0.25, 0.3) is 0 Å². The molecule has 0 spiro atoms. The van der Waals surface area contributed by atoms with Crippen molar-refractivity contribution < 1.29 is 19.8 Å². The van der Waals surface area contributed by atoms with E-state index < -0.39 is 18.1 Å². The molecule has 1 aliphatic carbocycles. The van der Waals surface area contributed by atoms with E-state index >= 15 is 0 Å². The predicted molar refractivity (Wildman–Crippen MR) is 52.4 cm³/mol. The van der Waals surface area contributed by atoms with Gasteiger partial charge in [0.15, 0.2) is 6.10 Å². The fourth-order valence-electron chi connectivity index (χ4n) is 1.25. The Morgan fingerprint density at radius 2 is 2.07 bits per heavy atom. The summed E-state index contributed by atoms with van der Waals surface area (Å²) in [7, 11) is 0. The number of aliphatic hydroxyl groups excluding tert-OH is 1. The lowest BCUT2D eigenvalue weighted by Gasteiger charge is -2.14. The Morgan fingerprint density at radius 3 is 2.53 bits per heavy atom. The lowest BCUT2D eigenvalue weighted by atomic mass is 10.2. The number of carbonyl (C=O) groups is 2. The Morgan fingerprint density at radius 1 is 1.47 bits per heavy atom. The molecule has 0 saturated heterocycles. The SMILES string of the molecule is CC(NC(=O)NCC(O)C(=O)O)C1CC1. The second kappa shape index (κ2) is 4.97. The molecule has 6 nitrogen and oxygen atoms in total. The minimum atomic E-state index is -1.55. The van der Waals surface area contributed by atoms with E-state index in [0.29, 0.717) is 5.92 Å². The highest BCUT2D eigenvalue weighted by Gasteiger charge is 2.28. The first-order chi connectivity index (χ1) is 7.00. The van der Waals surface area contributed by atoms with Crippen LogP contribution in [0.5, 0.6) is 0 Å². The number of urea groups is 1. The lowest BCUT2D eigenvalue weighted by Crippen LogP contribution is -2.45. The van der Waals surface area contributed by atoms with Gasteiger partial charge in [-0.2, -0.15) is 0 Å². The average Bonchev–Trinajstić information content (AvgIpc) is 2.96. The van der Waals surface area contributed by atoms with Gasteiger partial charge in [-0.15, -0.1) is 0 Å². The smallest absolute Gasteiger partial charge is 0.334 e. The minimum absolute atomic E-state index is 0.104. The molecule has 1 rings (SSSR count). The normalized spacial score (nSPS) is 19.1. The van der Waals surface area contributed by atoms with Gasteiger partial charge in [0, 0.05) is 6.04 Å². The number of hydrogen-bond donors (Lipinski definition) is 4.